The van der Waals surface area contributed by atoms with Crippen LogP contribution < -0.4 is 0 Å². The number of aromatic nitrogens is 3. The summed E-state index contributed by atoms with van der Waals surface area (Å²) in [6.07, 6.45) is 9.42. The van der Waals surface area contributed by atoms with Crippen LogP contribution in [0.4, 0.5) is 0 Å². The topological polar surface area (TPSA) is 67.5 Å². The van der Waals surface area contributed by atoms with E-state index in [0.29, 0.717) is 11.6 Å². The maximum absolute atomic E-state index is 10.9. The molecule has 19 heavy (non-hydrogen) atoms. The fourth-order valence-electron chi connectivity index (χ4n) is 2.36. The third-order valence-electron chi connectivity index (χ3n) is 3.27. The van der Waals surface area contributed by atoms with Gasteiger partial charge in [0.25, 0.3) is 0 Å². The molecule has 102 valence electrons. The van der Waals surface area contributed by atoms with Crippen molar-refractivity contribution < 1.29 is 9.90 Å². The lowest BCUT2D eigenvalue weighted by Crippen LogP contribution is -2.01. The minimum atomic E-state index is -1.02. The Balaban J connectivity index is 2.36. The molecular weight excluding hydrogens is 242 g/mol. The van der Waals surface area contributed by atoms with Crippen molar-refractivity contribution >= 4 is 11.6 Å². The summed E-state index contributed by atoms with van der Waals surface area (Å²) in [5.41, 5.74) is 1.78. The molecule has 0 aliphatic carbocycles. The quantitative estimate of drug-likeness (QED) is 0.867. The van der Waals surface area contributed by atoms with Crippen LogP contribution in [-0.4, -0.2) is 25.4 Å². The van der Waals surface area contributed by atoms with Crippen LogP contribution in [0.1, 0.15) is 61.6 Å². The van der Waals surface area contributed by atoms with Gasteiger partial charge >= 0.3 is 5.97 Å². The molecule has 5 heteroatoms. The number of hydrogen-bond acceptors (Lipinski definition) is 3. The third kappa shape index (κ3) is 2.92. The van der Waals surface area contributed by atoms with Gasteiger partial charge in [-0.2, -0.15) is 0 Å². The second-order valence-corrected chi connectivity index (χ2v) is 4.78. The van der Waals surface area contributed by atoms with E-state index in [9.17, 15) is 4.79 Å². The second kappa shape index (κ2) is 5.82. The Kier molecular flexibility index (Phi) is 4.14. The van der Waals surface area contributed by atoms with E-state index in [-0.39, 0.29) is 5.69 Å². The highest BCUT2D eigenvalue weighted by atomic mass is 16.4. The lowest BCUT2D eigenvalue weighted by molar-refractivity contribution is 0.0690. The van der Waals surface area contributed by atoms with Crippen molar-refractivity contribution in [2.24, 2.45) is 0 Å². The van der Waals surface area contributed by atoms with E-state index < -0.39 is 5.97 Å². The predicted molar refractivity (Wildman–Crippen MR) is 72.5 cm³/mol. The molecule has 0 amide bonds. The van der Waals surface area contributed by atoms with Crippen molar-refractivity contribution in [2.75, 3.05) is 0 Å². The monoisotopic (exact) mass is 261 g/mol. The first-order valence-corrected chi connectivity index (χ1v) is 6.73. The average Bonchev–Trinajstić information content (AvgIpc) is 2.80. The molecule has 0 aliphatic heterocycles. The maximum atomic E-state index is 10.9. The Morgan fingerprint density at radius 3 is 2.58 bits per heavy atom. The molecule has 0 atom stereocenters. The van der Waals surface area contributed by atoms with E-state index in [1.165, 1.54) is 12.4 Å². The van der Waals surface area contributed by atoms with Crippen molar-refractivity contribution in [1.29, 1.82) is 0 Å². The maximum Gasteiger partial charge on any atom is 0.356 e. The largest absolute Gasteiger partial charge is 0.476 e. The minimum Gasteiger partial charge on any atom is -0.476 e. The molecule has 1 N–H and O–H groups in total. The average molecular weight is 261 g/mol. The van der Waals surface area contributed by atoms with Crippen LogP contribution >= 0.6 is 0 Å². The van der Waals surface area contributed by atoms with Crippen molar-refractivity contribution in [3.63, 3.8) is 0 Å². The summed E-state index contributed by atoms with van der Waals surface area (Å²) >= 11 is 0. The number of aromatic carboxylic acids is 1. The van der Waals surface area contributed by atoms with Gasteiger partial charge in [0.05, 0.1) is 11.9 Å². The number of carboxylic acid groups (broad SMARTS) is 1. The fraction of sp³-hybridized carbons (Fsp3) is 0.500. The normalized spacial score (nSPS) is 11.3. The Morgan fingerprint density at radius 1 is 1.32 bits per heavy atom. The van der Waals surface area contributed by atoms with E-state index in [2.05, 4.69) is 23.8 Å². The number of carbonyl (C=O) groups is 1. The number of nitrogens with zero attached hydrogens (tertiary/aromatic N) is 3. The number of carboxylic acids is 1. The lowest BCUT2D eigenvalue weighted by atomic mass is 9.95. The van der Waals surface area contributed by atoms with Crippen molar-refractivity contribution in [1.82, 2.24) is 14.4 Å². The molecular formula is C14H19N3O2. The van der Waals surface area contributed by atoms with Gasteiger partial charge in [-0.1, -0.05) is 26.7 Å². The first-order valence-electron chi connectivity index (χ1n) is 6.73. The first-order chi connectivity index (χ1) is 9.15. The van der Waals surface area contributed by atoms with Gasteiger partial charge in [-0.15, -0.1) is 0 Å². The van der Waals surface area contributed by atoms with E-state index in [1.807, 2.05) is 6.20 Å². The highest BCUT2D eigenvalue weighted by molar-refractivity contribution is 5.85. The Labute approximate surface area is 112 Å². The zero-order chi connectivity index (χ0) is 13.8. The Hall–Kier alpha value is -1.91. The Bertz CT molecular complexity index is 571. The van der Waals surface area contributed by atoms with Gasteiger partial charge < -0.3 is 9.51 Å². The van der Waals surface area contributed by atoms with Gasteiger partial charge in [0.1, 0.15) is 0 Å². The van der Waals surface area contributed by atoms with Gasteiger partial charge in [0.15, 0.2) is 11.3 Å². The molecule has 2 aromatic heterocycles. The van der Waals surface area contributed by atoms with Crippen molar-refractivity contribution in [3.8, 4) is 0 Å². The summed E-state index contributed by atoms with van der Waals surface area (Å²) in [7, 11) is 0. The molecule has 5 nitrogen and oxygen atoms in total. The number of rotatable bonds is 6. The zero-order valence-corrected chi connectivity index (χ0v) is 11.3. The van der Waals surface area contributed by atoms with Gasteiger partial charge in [-0.05, 0) is 12.8 Å². The predicted octanol–water partition coefficient (Wildman–Crippen LogP) is 3.11. The molecule has 0 radical (unpaired) electrons. The molecule has 0 aromatic carbocycles. The van der Waals surface area contributed by atoms with Crippen molar-refractivity contribution in [3.05, 3.63) is 30.0 Å². The molecule has 0 aliphatic rings. The van der Waals surface area contributed by atoms with Crippen LogP contribution in [0.3, 0.4) is 0 Å². The molecule has 0 fully saturated rings. The summed E-state index contributed by atoms with van der Waals surface area (Å²) in [4.78, 5) is 19.3. The second-order valence-electron chi connectivity index (χ2n) is 4.78. The van der Waals surface area contributed by atoms with Crippen LogP contribution in [0.15, 0.2) is 18.6 Å². The molecule has 0 saturated heterocycles. The summed E-state index contributed by atoms with van der Waals surface area (Å²) in [5, 5.41) is 8.93. The lowest BCUT2D eigenvalue weighted by Gasteiger charge is -2.11. The summed E-state index contributed by atoms with van der Waals surface area (Å²) in [6, 6.07) is 0. The zero-order valence-electron chi connectivity index (χ0n) is 11.3. The number of hydrogen-bond donors (Lipinski definition) is 1. The van der Waals surface area contributed by atoms with Crippen LogP contribution in [0.5, 0.6) is 0 Å². The van der Waals surface area contributed by atoms with Gasteiger partial charge in [0, 0.05) is 18.3 Å². The van der Waals surface area contributed by atoms with E-state index in [1.54, 1.807) is 4.40 Å². The van der Waals surface area contributed by atoms with Crippen LogP contribution in [0.2, 0.25) is 0 Å². The molecule has 0 spiro atoms. The van der Waals surface area contributed by atoms with Crippen LogP contribution in [0.25, 0.3) is 5.65 Å². The highest BCUT2D eigenvalue weighted by Gasteiger charge is 2.15. The summed E-state index contributed by atoms with van der Waals surface area (Å²) < 4.78 is 1.75. The molecule has 2 rings (SSSR count). The third-order valence-corrected chi connectivity index (χ3v) is 3.27. The van der Waals surface area contributed by atoms with E-state index >= 15 is 0 Å². The molecule has 2 aromatic rings. The van der Waals surface area contributed by atoms with Crippen LogP contribution in [0, 0.1) is 0 Å². The molecule has 0 bridgehead atoms. The minimum absolute atomic E-state index is 0.0407. The van der Waals surface area contributed by atoms with Crippen LogP contribution in [-0.2, 0) is 0 Å². The SMILES string of the molecule is CCCC(CCC)c1cn2cc(C(=O)O)ncc2n1. The van der Waals surface area contributed by atoms with E-state index in [0.717, 1.165) is 31.4 Å². The summed E-state index contributed by atoms with van der Waals surface area (Å²) in [5.74, 6) is -0.570. The smallest absolute Gasteiger partial charge is 0.356 e. The summed E-state index contributed by atoms with van der Waals surface area (Å²) in [6.45, 7) is 4.34. The molecule has 0 saturated carbocycles. The molecule has 0 unspecified atom stereocenters. The first kappa shape index (κ1) is 13.5. The standard InChI is InChI=1S/C14H19N3O2/c1-3-5-10(6-4-2)11-8-17-9-12(14(18)19)15-7-13(17)16-11/h7-10H,3-6H2,1-2H3,(H,18,19). The Morgan fingerprint density at radius 2 is 2.00 bits per heavy atom. The van der Waals surface area contributed by atoms with Gasteiger partial charge in [-0.3, -0.25) is 0 Å². The number of imidazole rings is 1. The number of fused-ring (bicyclic) bond motifs is 1. The van der Waals surface area contributed by atoms with Gasteiger partial charge in [-0.25, -0.2) is 14.8 Å². The van der Waals surface area contributed by atoms with Crippen molar-refractivity contribution in [2.45, 2.75) is 45.4 Å². The fourth-order valence-corrected chi connectivity index (χ4v) is 2.36. The highest BCUT2D eigenvalue weighted by Crippen LogP contribution is 2.25. The molecule has 2 heterocycles. The van der Waals surface area contributed by atoms with Gasteiger partial charge in [0.2, 0.25) is 0 Å². The van der Waals surface area contributed by atoms with E-state index in [4.69, 9.17) is 5.11 Å².